The fourth-order valence-electron chi connectivity index (χ4n) is 1.64. The van der Waals surface area contributed by atoms with Crippen molar-refractivity contribution in [3.05, 3.63) is 48.2 Å². The molecule has 1 atom stereocenters. The summed E-state index contributed by atoms with van der Waals surface area (Å²) in [6, 6.07) is 11.5. The van der Waals surface area contributed by atoms with Crippen LogP contribution in [0.3, 0.4) is 0 Å². The first-order valence-corrected chi connectivity index (χ1v) is 5.82. The monoisotopic (exact) mass is 201 g/mol. The van der Waals surface area contributed by atoms with E-state index in [4.69, 9.17) is 0 Å². The van der Waals surface area contributed by atoms with E-state index in [0.29, 0.717) is 5.92 Å². The summed E-state index contributed by atoms with van der Waals surface area (Å²) in [5.74, 6) is 0.614. The van der Waals surface area contributed by atoms with Crippen LogP contribution in [0, 0.1) is 0 Å². The van der Waals surface area contributed by atoms with Gasteiger partial charge >= 0.3 is 0 Å². The van der Waals surface area contributed by atoms with Gasteiger partial charge < -0.3 is 5.32 Å². The average Bonchev–Trinajstić information content (AvgIpc) is 3.09. The molecule has 1 aliphatic rings. The number of benzene rings is 1. The molecule has 1 nitrogen and oxygen atoms in total. The molecule has 1 aliphatic carbocycles. The van der Waals surface area contributed by atoms with Crippen LogP contribution in [-0.4, -0.2) is 6.04 Å². The highest BCUT2D eigenvalue weighted by atomic mass is 14.9. The molecule has 1 saturated carbocycles. The summed E-state index contributed by atoms with van der Waals surface area (Å²) in [6.07, 6.45) is 8.17. The van der Waals surface area contributed by atoms with Crippen LogP contribution in [0.5, 0.6) is 0 Å². The predicted molar refractivity (Wildman–Crippen MR) is 64.8 cm³/mol. The fraction of sp³-hybridized carbons (Fsp3) is 0.429. The molecule has 1 aromatic rings. The van der Waals surface area contributed by atoms with E-state index in [1.807, 2.05) is 0 Å². The van der Waals surface area contributed by atoms with Gasteiger partial charge in [-0.2, -0.15) is 0 Å². The summed E-state index contributed by atoms with van der Waals surface area (Å²) in [5.41, 5.74) is 1.42. The molecule has 0 amide bonds. The van der Waals surface area contributed by atoms with Crippen molar-refractivity contribution >= 4 is 0 Å². The molecule has 0 aromatic heterocycles. The summed E-state index contributed by atoms with van der Waals surface area (Å²) < 4.78 is 0. The minimum atomic E-state index is 0.614. The normalized spacial score (nSPS) is 17.9. The second-order valence-electron chi connectivity index (χ2n) is 4.39. The Hall–Kier alpha value is -1.24. The lowest BCUT2D eigenvalue weighted by Gasteiger charge is -2.08. The Kier molecular flexibility index (Phi) is 3.44. The summed E-state index contributed by atoms with van der Waals surface area (Å²) >= 11 is 0. The van der Waals surface area contributed by atoms with Gasteiger partial charge in [0.15, 0.2) is 0 Å². The van der Waals surface area contributed by atoms with Gasteiger partial charge in [-0.05, 0) is 36.9 Å². The van der Waals surface area contributed by atoms with E-state index < -0.39 is 0 Å². The standard InChI is InChI=1S/C14H19N/c1-12(13-7-3-2-4-8-13)6-5-11-15-14-9-10-14/h2-5,7-8,11-12,14-15H,6,9-10H2,1H3/b11-5-. The summed E-state index contributed by atoms with van der Waals surface area (Å²) in [7, 11) is 0. The smallest absolute Gasteiger partial charge is 0.0257 e. The molecule has 1 heteroatoms. The first-order chi connectivity index (χ1) is 7.36. The molecule has 15 heavy (non-hydrogen) atoms. The van der Waals surface area contributed by atoms with Gasteiger partial charge in [-0.15, -0.1) is 0 Å². The number of rotatable bonds is 5. The van der Waals surface area contributed by atoms with E-state index in [1.54, 1.807) is 0 Å². The molecule has 0 aliphatic heterocycles. The molecule has 80 valence electrons. The zero-order chi connectivity index (χ0) is 10.5. The quantitative estimate of drug-likeness (QED) is 0.769. The molecule has 0 heterocycles. The maximum atomic E-state index is 3.38. The highest BCUT2D eigenvalue weighted by Crippen LogP contribution is 2.20. The Labute approximate surface area is 92.2 Å². The summed E-state index contributed by atoms with van der Waals surface area (Å²) in [6.45, 7) is 2.27. The van der Waals surface area contributed by atoms with Crippen LogP contribution in [0.1, 0.15) is 37.7 Å². The van der Waals surface area contributed by atoms with E-state index in [1.165, 1.54) is 18.4 Å². The predicted octanol–water partition coefficient (Wildman–Crippen LogP) is 3.45. The van der Waals surface area contributed by atoms with Gasteiger partial charge in [0.05, 0.1) is 0 Å². The number of allylic oxidation sites excluding steroid dienone is 1. The van der Waals surface area contributed by atoms with Crippen molar-refractivity contribution in [3.8, 4) is 0 Å². The van der Waals surface area contributed by atoms with Gasteiger partial charge in [0.2, 0.25) is 0 Å². The van der Waals surface area contributed by atoms with E-state index >= 15 is 0 Å². The zero-order valence-corrected chi connectivity index (χ0v) is 9.32. The molecule has 1 fully saturated rings. The van der Waals surface area contributed by atoms with E-state index in [2.05, 4.69) is 54.8 Å². The van der Waals surface area contributed by atoms with Crippen molar-refractivity contribution in [3.63, 3.8) is 0 Å². The van der Waals surface area contributed by atoms with E-state index in [-0.39, 0.29) is 0 Å². The van der Waals surface area contributed by atoms with Crippen molar-refractivity contribution in [1.29, 1.82) is 0 Å². The first kappa shape index (κ1) is 10.3. The zero-order valence-electron chi connectivity index (χ0n) is 9.32. The Morgan fingerprint density at radius 3 is 2.73 bits per heavy atom. The molecular formula is C14H19N. The van der Waals surface area contributed by atoms with Crippen LogP contribution in [-0.2, 0) is 0 Å². The molecule has 0 radical (unpaired) electrons. The SMILES string of the molecule is CC(C/C=C\NC1CC1)c1ccccc1. The Bertz CT molecular complexity index is 311. The van der Waals surface area contributed by atoms with E-state index in [0.717, 1.165) is 12.5 Å². The second kappa shape index (κ2) is 5.01. The average molecular weight is 201 g/mol. The Morgan fingerprint density at radius 2 is 2.07 bits per heavy atom. The molecule has 0 saturated heterocycles. The van der Waals surface area contributed by atoms with Crippen molar-refractivity contribution in [2.75, 3.05) is 0 Å². The largest absolute Gasteiger partial charge is 0.388 e. The molecule has 0 spiro atoms. The molecule has 1 unspecified atom stereocenters. The van der Waals surface area contributed by atoms with Gasteiger partial charge in [-0.1, -0.05) is 43.3 Å². The van der Waals surface area contributed by atoms with Gasteiger partial charge in [0, 0.05) is 6.04 Å². The summed E-state index contributed by atoms with van der Waals surface area (Å²) in [5, 5.41) is 3.38. The lowest BCUT2D eigenvalue weighted by molar-refractivity contribution is 0.769. The fourth-order valence-corrected chi connectivity index (χ4v) is 1.64. The third-order valence-electron chi connectivity index (χ3n) is 2.89. The van der Waals surface area contributed by atoms with Crippen LogP contribution in [0.4, 0.5) is 0 Å². The minimum absolute atomic E-state index is 0.614. The van der Waals surface area contributed by atoms with Gasteiger partial charge in [-0.3, -0.25) is 0 Å². The maximum Gasteiger partial charge on any atom is 0.0257 e. The third kappa shape index (κ3) is 3.43. The topological polar surface area (TPSA) is 12.0 Å². The Balaban J connectivity index is 1.76. The second-order valence-corrected chi connectivity index (χ2v) is 4.39. The first-order valence-electron chi connectivity index (χ1n) is 5.82. The van der Waals surface area contributed by atoms with Crippen LogP contribution >= 0.6 is 0 Å². The van der Waals surface area contributed by atoms with Crippen molar-refractivity contribution in [1.82, 2.24) is 5.32 Å². The van der Waals surface area contributed by atoms with Crippen molar-refractivity contribution in [2.45, 2.75) is 38.1 Å². The van der Waals surface area contributed by atoms with Gasteiger partial charge in [-0.25, -0.2) is 0 Å². The highest BCUT2D eigenvalue weighted by molar-refractivity contribution is 5.19. The third-order valence-corrected chi connectivity index (χ3v) is 2.89. The van der Waals surface area contributed by atoms with E-state index in [9.17, 15) is 0 Å². The van der Waals surface area contributed by atoms with Crippen molar-refractivity contribution < 1.29 is 0 Å². The number of nitrogens with one attached hydrogen (secondary N) is 1. The van der Waals surface area contributed by atoms with Crippen LogP contribution in [0.25, 0.3) is 0 Å². The van der Waals surface area contributed by atoms with Gasteiger partial charge in [0.1, 0.15) is 0 Å². The van der Waals surface area contributed by atoms with Crippen molar-refractivity contribution in [2.24, 2.45) is 0 Å². The molecule has 2 rings (SSSR count). The molecular weight excluding hydrogens is 182 g/mol. The number of hydrogen-bond acceptors (Lipinski definition) is 1. The molecule has 0 bridgehead atoms. The van der Waals surface area contributed by atoms with Crippen LogP contribution < -0.4 is 5.32 Å². The lowest BCUT2D eigenvalue weighted by Crippen LogP contribution is -2.06. The minimum Gasteiger partial charge on any atom is -0.388 e. The lowest BCUT2D eigenvalue weighted by atomic mass is 9.98. The number of hydrogen-bond donors (Lipinski definition) is 1. The van der Waals surface area contributed by atoms with Crippen LogP contribution in [0.15, 0.2) is 42.6 Å². The summed E-state index contributed by atoms with van der Waals surface area (Å²) in [4.78, 5) is 0. The van der Waals surface area contributed by atoms with Crippen LogP contribution in [0.2, 0.25) is 0 Å². The Morgan fingerprint density at radius 1 is 1.33 bits per heavy atom. The molecule has 1 aromatic carbocycles. The maximum absolute atomic E-state index is 3.38. The molecule has 1 N–H and O–H groups in total. The highest BCUT2D eigenvalue weighted by Gasteiger charge is 2.18. The van der Waals surface area contributed by atoms with Gasteiger partial charge in [0.25, 0.3) is 0 Å².